The molecular weight excluding hydrogens is 260 g/mol. The summed E-state index contributed by atoms with van der Waals surface area (Å²) in [6.07, 6.45) is 0. The summed E-state index contributed by atoms with van der Waals surface area (Å²) in [6.45, 7) is 0.304. The zero-order valence-electron chi connectivity index (χ0n) is 10.3. The van der Waals surface area contributed by atoms with Gasteiger partial charge in [0.1, 0.15) is 0 Å². The first-order valence-corrected chi connectivity index (χ1v) is 6.83. The number of nitro groups is 1. The van der Waals surface area contributed by atoms with Crippen molar-refractivity contribution in [2.24, 2.45) is 5.73 Å². The van der Waals surface area contributed by atoms with E-state index < -0.39 is 4.92 Å². The fraction of sp³-hybridized carbons (Fsp3) is 0.143. The van der Waals surface area contributed by atoms with E-state index in [4.69, 9.17) is 5.73 Å². The second-order valence-electron chi connectivity index (χ2n) is 4.03. The van der Waals surface area contributed by atoms with E-state index in [-0.39, 0.29) is 5.69 Å². The van der Waals surface area contributed by atoms with Gasteiger partial charge in [-0.15, -0.1) is 11.8 Å². The Labute approximate surface area is 115 Å². The molecular formula is C14H14N2O2S. The summed E-state index contributed by atoms with van der Waals surface area (Å²) in [5.74, 6) is 0.825. The zero-order chi connectivity index (χ0) is 13.7. The Balaban J connectivity index is 2.14. The summed E-state index contributed by atoms with van der Waals surface area (Å²) in [6, 6.07) is 14.9. The standard InChI is InChI=1S/C14H14N2O2S/c15-9-12-8-13(16(17)18)6-7-14(12)19-10-11-4-2-1-3-5-11/h1-8H,9-10,15H2. The molecule has 2 rings (SSSR count). The minimum Gasteiger partial charge on any atom is -0.326 e. The van der Waals surface area contributed by atoms with Gasteiger partial charge in [-0.05, 0) is 17.2 Å². The highest BCUT2D eigenvalue weighted by atomic mass is 32.2. The molecule has 0 aromatic heterocycles. The van der Waals surface area contributed by atoms with Gasteiger partial charge in [-0.3, -0.25) is 10.1 Å². The van der Waals surface area contributed by atoms with Crippen LogP contribution in [0.4, 0.5) is 5.69 Å². The van der Waals surface area contributed by atoms with E-state index in [1.54, 1.807) is 23.9 Å². The van der Waals surface area contributed by atoms with Crippen LogP contribution in [-0.4, -0.2) is 4.92 Å². The maximum Gasteiger partial charge on any atom is 0.269 e. The first-order chi connectivity index (χ1) is 9.20. The van der Waals surface area contributed by atoms with Crippen molar-refractivity contribution in [3.63, 3.8) is 0 Å². The number of nitrogens with zero attached hydrogens (tertiary/aromatic N) is 1. The van der Waals surface area contributed by atoms with E-state index in [1.165, 1.54) is 11.6 Å². The van der Waals surface area contributed by atoms with E-state index in [1.807, 2.05) is 18.2 Å². The van der Waals surface area contributed by atoms with Crippen molar-refractivity contribution in [2.45, 2.75) is 17.2 Å². The fourth-order valence-electron chi connectivity index (χ4n) is 1.72. The molecule has 0 unspecified atom stereocenters. The molecule has 0 fully saturated rings. The van der Waals surface area contributed by atoms with Crippen LogP contribution in [0.1, 0.15) is 11.1 Å². The number of hydrogen-bond acceptors (Lipinski definition) is 4. The lowest BCUT2D eigenvalue weighted by Gasteiger charge is -2.07. The average Bonchev–Trinajstić information content (AvgIpc) is 2.45. The molecule has 0 amide bonds. The molecule has 2 aromatic rings. The predicted octanol–water partition coefficient (Wildman–Crippen LogP) is 3.35. The SMILES string of the molecule is NCc1cc([N+](=O)[O-])ccc1SCc1ccccc1. The molecule has 0 radical (unpaired) electrons. The minimum atomic E-state index is -0.398. The maximum atomic E-state index is 10.7. The average molecular weight is 274 g/mol. The number of nitro benzene ring substituents is 1. The van der Waals surface area contributed by atoms with Crippen molar-refractivity contribution in [1.29, 1.82) is 0 Å². The van der Waals surface area contributed by atoms with Gasteiger partial charge in [0.05, 0.1) is 4.92 Å². The van der Waals surface area contributed by atoms with Gasteiger partial charge >= 0.3 is 0 Å². The summed E-state index contributed by atoms with van der Waals surface area (Å²) in [7, 11) is 0. The Hall–Kier alpha value is -1.85. The second kappa shape index (κ2) is 6.36. The smallest absolute Gasteiger partial charge is 0.269 e. The fourth-order valence-corrected chi connectivity index (χ4v) is 2.72. The summed E-state index contributed by atoms with van der Waals surface area (Å²) in [5.41, 5.74) is 7.77. The Morgan fingerprint density at radius 3 is 2.53 bits per heavy atom. The Morgan fingerprint density at radius 2 is 1.89 bits per heavy atom. The second-order valence-corrected chi connectivity index (χ2v) is 5.04. The van der Waals surface area contributed by atoms with E-state index >= 15 is 0 Å². The van der Waals surface area contributed by atoms with Crippen LogP contribution < -0.4 is 5.73 Å². The lowest BCUT2D eigenvalue weighted by molar-refractivity contribution is -0.385. The Bertz CT molecular complexity index is 573. The third kappa shape index (κ3) is 3.56. The van der Waals surface area contributed by atoms with Crippen LogP contribution in [-0.2, 0) is 12.3 Å². The van der Waals surface area contributed by atoms with Crippen molar-refractivity contribution in [2.75, 3.05) is 0 Å². The third-order valence-corrected chi connectivity index (χ3v) is 3.90. The molecule has 0 spiro atoms. The first-order valence-electron chi connectivity index (χ1n) is 5.85. The lowest BCUT2D eigenvalue weighted by Crippen LogP contribution is -2.00. The molecule has 0 aliphatic heterocycles. The number of benzene rings is 2. The van der Waals surface area contributed by atoms with Crippen molar-refractivity contribution in [3.05, 3.63) is 69.8 Å². The monoisotopic (exact) mass is 274 g/mol. The number of hydrogen-bond donors (Lipinski definition) is 1. The number of nitrogens with two attached hydrogens (primary N) is 1. The van der Waals surface area contributed by atoms with Crippen LogP contribution in [0.15, 0.2) is 53.4 Å². The van der Waals surface area contributed by atoms with E-state index in [9.17, 15) is 10.1 Å². The van der Waals surface area contributed by atoms with Crippen molar-refractivity contribution in [3.8, 4) is 0 Å². The molecule has 2 N–H and O–H groups in total. The highest BCUT2D eigenvalue weighted by molar-refractivity contribution is 7.98. The van der Waals surface area contributed by atoms with Crippen molar-refractivity contribution >= 4 is 17.4 Å². The quantitative estimate of drug-likeness (QED) is 0.515. The topological polar surface area (TPSA) is 69.2 Å². The number of thioether (sulfide) groups is 1. The predicted molar refractivity (Wildman–Crippen MR) is 77.0 cm³/mol. The maximum absolute atomic E-state index is 10.7. The van der Waals surface area contributed by atoms with Gasteiger partial charge in [-0.1, -0.05) is 30.3 Å². The molecule has 0 atom stereocenters. The van der Waals surface area contributed by atoms with Gasteiger partial charge in [0.25, 0.3) is 5.69 Å². The van der Waals surface area contributed by atoms with Crippen LogP contribution in [0, 0.1) is 10.1 Å². The van der Waals surface area contributed by atoms with Crippen LogP contribution >= 0.6 is 11.8 Å². The van der Waals surface area contributed by atoms with Gasteiger partial charge in [0, 0.05) is 29.3 Å². The summed E-state index contributed by atoms with van der Waals surface area (Å²) in [4.78, 5) is 11.3. The van der Waals surface area contributed by atoms with Crippen LogP contribution in [0.25, 0.3) is 0 Å². The third-order valence-electron chi connectivity index (χ3n) is 2.71. The van der Waals surface area contributed by atoms with Gasteiger partial charge in [-0.25, -0.2) is 0 Å². The lowest BCUT2D eigenvalue weighted by atomic mass is 10.2. The van der Waals surface area contributed by atoms with Crippen molar-refractivity contribution < 1.29 is 4.92 Å². The molecule has 0 aliphatic carbocycles. The first kappa shape index (κ1) is 13.6. The highest BCUT2D eigenvalue weighted by Crippen LogP contribution is 2.28. The Morgan fingerprint density at radius 1 is 1.16 bits per heavy atom. The van der Waals surface area contributed by atoms with Gasteiger partial charge in [0.2, 0.25) is 0 Å². The number of rotatable bonds is 5. The molecule has 5 heteroatoms. The molecule has 19 heavy (non-hydrogen) atoms. The largest absolute Gasteiger partial charge is 0.326 e. The molecule has 2 aromatic carbocycles. The van der Waals surface area contributed by atoms with Gasteiger partial charge < -0.3 is 5.73 Å². The zero-order valence-corrected chi connectivity index (χ0v) is 11.1. The molecule has 0 heterocycles. The molecule has 98 valence electrons. The van der Waals surface area contributed by atoms with E-state index in [0.717, 1.165) is 16.2 Å². The van der Waals surface area contributed by atoms with Crippen LogP contribution in [0.2, 0.25) is 0 Å². The molecule has 0 aliphatic rings. The summed E-state index contributed by atoms with van der Waals surface area (Å²) >= 11 is 1.64. The normalized spacial score (nSPS) is 10.4. The van der Waals surface area contributed by atoms with E-state index in [0.29, 0.717) is 6.54 Å². The molecule has 0 bridgehead atoms. The van der Waals surface area contributed by atoms with E-state index in [2.05, 4.69) is 12.1 Å². The van der Waals surface area contributed by atoms with Crippen molar-refractivity contribution in [1.82, 2.24) is 0 Å². The number of non-ortho nitro benzene ring substituents is 1. The van der Waals surface area contributed by atoms with Gasteiger partial charge in [0.15, 0.2) is 0 Å². The highest BCUT2D eigenvalue weighted by Gasteiger charge is 2.10. The summed E-state index contributed by atoms with van der Waals surface area (Å²) in [5, 5.41) is 10.7. The van der Waals surface area contributed by atoms with Crippen LogP contribution in [0.3, 0.4) is 0 Å². The Kier molecular flexibility index (Phi) is 4.54. The molecule has 0 saturated heterocycles. The molecule has 4 nitrogen and oxygen atoms in total. The molecule has 0 saturated carbocycles. The van der Waals surface area contributed by atoms with Crippen LogP contribution in [0.5, 0.6) is 0 Å². The summed E-state index contributed by atoms with van der Waals surface area (Å²) < 4.78 is 0. The minimum absolute atomic E-state index is 0.0875. The van der Waals surface area contributed by atoms with Gasteiger partial charge in [-0.2, -0.15) is 0 Å².